The van der Waals surface area contributed by atoms with Crippen molar-refractivity contribution in [2.45, 2.75) is 25.8 Å². The van der Waals surface area contributed by atoms with Gasteiger partial charge in [-0.3, -0.25) is 0 Å². The quantitative estimate of drug-likeness (QED) is 0.793. The lowest BCUT2D eigenvalue weighted by Gasteiger charge is -2.38. The Balaban J connectivity index is 1.94. The zero-order valence-electron chi connectivity index (χ0n) is 9.99. The van der Waals surface area contributed by atoms with Gasteiger partial charge in [0.25, 0.3) is 0 Å². The molecule has 5 heteroatoms. The van der Waals surface area contributed by atoms with Gasteiger partial charge in [0.05, 0.1) is 5.69 Å². The van der Waals surface area contributed by atoms with E-state index in [0.29, 0.717) is 23.5 Å². The Morgan fingerprint density at radius 1 is 1.41 bits per heavy atom. The van der Waals surface area contributed by atoms with Gasteiger partial charge in [-0.25, -0.2) is 14.4 Å². The van der Waals surface area contributed by atoms with Crippen LogP contribution in [0.15, 0.2) is 6.33 Å². The predicted octanol–water partition coefficient (Wildman–Crippen LogP) is 1.11. The van der Waals surface area contributed by atoms with Crippen LogP contribution in [0.25, 0.3) is 0 Å². The molecular formula is C12H17FN4. The van der Waals surface area contributed by atoms with E-state index in [-0.39, 0.29) is 5.82 Å². The molecule has 0 saturated carbocycles. The van der Waals surface area contributed by atoms with Crippen LogP contribution >= 0.6 is 0 Å². The summed E-state index contributed by atoms with van der Waals surface area (Å²) in [5.74, 6) is 0.856. The Hall–Kier alpha value is -1.23. The van der Waals surface area contributed by atoms with E-state index in [0.717, 1.165) is 26.1 Å². The van der Waals surface area contributed by atoms with Crippen LogP contribution in [0.3, 0.4) is 0 Å². The molecule has 2 aliphatic heterocycles. The first-order chi connectivity index (χ1) is 8.27. The van der Waals surface area contributed by atoms with Crippen molar-refractivity contribution in [2.24, 2.45) is 5.92 Å². The summed E-state index contributed by atoms with van der Waals surface area (Å²) in [7, 11) is 0. The minimum absolute atomic E-state index is 0.264. The molecule has 0 aromatic carbocycles. The molecule has 2 saturated heterocycles. The van der Waals surface area contributed by atoms with Crippen LogP contribution in [0.1, 0.15) is 18.5 Å². The molecular weight excluding hydrogens is 219 g/mol. The summed E-state index contributed by atoms with van der Waals surface area (Å²) in [6.07, 6.45) is 3.81. The summed E-state index contributed by atoms with van der Waals surface area (Å²) < 4.78 is 14.1. The van der Waals surface area contributed by atoms with Crippen molar-refractivity contribution in [2.75, 3.05) is 24.5 Å². The van der Waals surface area contributed by atoms with Crippen molar-refractivity contribution in [1.82, 2.24) is 15.3 Å². The Bertz CT molecular complexity index is 423. The average Bonchev–Trinajstić information content (AvgIpc) is 2.81. The molecule has 3 heterocycles. The molecule has 0 bridgehead atoms. The van der Waals surface area contributed by atoms with E-state index in [1.807, 2.05) is 0 Å². The third-order valence-corrected chi connectivity index (χ3v) is 3.90. The molecule has 17 heavy (non-hydrogen) atoms. The number of hydrogen-bond donors (Lipinski definition) is 1. The number of fused-ring (bicyclic) bond motifs is 1. The lowest BCUT2D eigenvalue weighted by molar-refractivity contribution is 0.378. The van der Waals surface area contributed by atoms with Crippen LogP contribution in [0.2, 0.25) is 0 Å². The maximum Gasteiger partial charge on any atom is 0.186 e. The molecule has 0 aliphatic carbocycles. The van der Waals surface area contributed by atoms with Crippen molar-refractivity contribution < 1.29 is 4.39 Å². The van der Waals surface area contributed by atoms with Crippen molar-refractivity contribution in [1.29, 1.82) is 0 Å². The molecule has 2 atom stereocenters. The van der Waals surface area contributed by atoms with Gasteiger partial charge in [0.2, 0.25) is 0 Å². The molecule has 0 amide bonds. The van der Waals surface area contributed by atoms with Gasteiger partial charge in [-0.15, -0.1) is 0 Å². The van der Waals surface area contributed by atoms with Crippen LogP contribution in [-0.4, -0.2) is 35.6 Å². The van der Waals surface area contributed by atoms with E-state index in [1.165, 1.54) is 12.7 Å². The number of aromatic nitrogens is 2. The van der Waals surface area contributed by atoms with Crippen LogP contribution in [0.5, 0.6) is 0 Å². The molecule has 1 N–H and O–H groups in total. The first-order valence-electron chi connectivity index (χ1n) is 6.22. The molecule has 2 unspecified atom stereocenters. The fourth-order valence-electron chi connectivity index (χ4n) is 2.98. The van der Waals surface area contributed by atoms with E-state index < -0.39 is 0 Å². The number of anilines is 1. The molecule has 4 nitrogen and oxygen atoms in total. The van der Waals surface area contributed by atoms with Crippen LogP contribution in [0.4, 0.5) is 10.2 Å². The SMILES string of the molecule is Cc1ncnc(N2CCCC3CNCC32)c1F. The second-order valence-corrected chi connectivity index (χ2v) is 4.92. The molecule has 92 valence electrons. The summed E-state index contributed by atoms with van der Waals surface area (Å²) >= 11 is 0. The highest BCUT2D eigenvalue weighted by molar-refractivity contribution is 5.43. The van der Waals surface area contributed by atoms with Gasteiger partial charge in [-0.05, 0) is 25.7 Å². The highest BCUT2D eigenvalue weighted by Gasteiger charge is 2.36. The monoisotopic (exact) mass is 236 g/mol. The largest absolute Gasteiger partial charge is 0.349 e. The molecule has 2 fully saturated rings. The second-order valence-electron chi connectivity index (χ2n) is 4.92. The minimum Gasteiger partial charge on any atom is -0.349 e. The topological polar surface area (TPSA) is 41.1 Å². The number of nitrogens with one attached hydrogen (secondary N) is 1. The summed E-state index contributed by atoms with van der Waals surface area (Å²) in [6.45, 7) is 4.57. The molecule has 1 aromatic rings. The second kappa shape index (κ2) is 4.22. The van der Waals surface area contributed by atoms with Gasteiger partial charge < -0.3 is 10.2 Å². The van der Waals surface area contributed by atoms with Gasteiger partial charge in [-0.1, -0.05) is 0 Å². The lowest BCUT2D eigenvalue weighted by Crippen LogP contribution is -2.46. The maximum absolute atomic E-state index is 14.1. The summed E-state index contributed by atoms with van der Waals surface area (Å²) in [4.78, 5) is 10.1. The number of rotatable bonds is 1. The van der Waals surface area contributed by atoms with Crippen LogP contribution < -0.4 is 10.2 Å². The normalized spacial score (nSPS) is 28.2. The van der Waals surface area contributed by atoms with Gasteiger partial charge in [0.15, 0.2) is 11.6 Å². The average molecular weight is 236 g/mol. The number of halogens is 1. The standard InChI is InChI=1S/C12H17FN4/c1-8-11(13)12(16-7-15-8)17-4-2-3-9-5-14-6-10(9)17/h7,9-10,14H,2-6H2,1H3. The van der Waals surface area contributed by atoms with E-state index in [1.54, 1.807) is 6.92 Å². The van der Waals surface area contributed by atoms with Gasteiger partial charge in [0.1, 0.15) is 6.33 Å². The number of hydrogen-bond acceptors (Lipinski definition) is 4. The zero-order chi connectivity index (χ0) is 11.8. The predicted molar refractivity (Wildman–Crippen MR) is 63.5 cm³/mol. The van der Waals surface area contributed by atoms with Gasteiger partial charge in [-0.2, -0.15) is 0 Å². The first-order valence-corrected chi connectivity index (χ1v) is 6.22. The highest BCUT2D eigenvalue weighted by Crippen LogP contribution is 2.31. The summed E-state index contributed by atoms with van der Waals surface area (Å²) in [6, 6.07) is 0.396. The highest BCUT2D eigenvalue weighted by atomic mass is 19.1. The minimum atomic E-state index is -0.264. The Labute approximate surface area is 100 Å². The Morgan fingerprint density at radius 2 is 2.29 bits per heavy atom. The van der Waals surface area contributed by atoms with Gasteiger partial charge in [0, 0.05) is 25.7 Å². The first kappa shape index (κ1) is 10.9. The fourth-order valence-corrected chi connectivity index (χ4v) is 2.98. The van der Waals surface area contributed by atoms with E-state index in [2.05, 4.69) is 20.2 Å². The third kappa shape index (κ3) is 1.78. The number of nitrogens with zero attached hydrogens (tertiary/aromatic N) is 3. The molecule has 1 aromatic heterocycles. The van der Waals surface area contributed by atoms with E-state index in [9.17, 15) is 4.39 Å². The van der Waals surface area contributed by atoms with Crippen LogP contribution in [0, 0.1) is 18.7 Å². The molecule has 2 aliphatic rings. The van der Waals surface area contributed by atoms with Crippen molar-refractivity contribution >= 4 is 5.82 Å². The Kier molecular flexibility index (Phi) is 2.70. The van der Waals surface area contributed by atoms with Crippen molar-refractivity contribution in [3.63, 3.8) is 0 Å². The Morgan fingerprint density at radius 3 is 3.18 bits per heavy atom. The summed E-state index contributed by atoms with van der Waals surface area (Å²) in [5.41, 5.74) is 0.433. The molecule has 0 spiro atoms. The third-order valence-electron chi connectivity index (χ3n) is 3.90. The fraction of sp³-hybridized carbons (Fsp3) is 0.667. The lowest BCUT2D eigenvalue weighted by atomic mass is 9.92. The zero-order valence-corrected chi connectivity index (χ0v) is 9.99. The molecule has 0 radical (unpaired) electrons. The summed E-state index contributed by atoms with van der Waals surface area (Å²) in [5, 5.41) is 3.39. The van der Waals surface area contributed by atoms with Crippen molar-refractivity contribution in [3.8, 4) is 0 Å². The van der Waals surface area contributed by atoms with Crippen molar-refractivity contribution in [3.05, 3.63) is 17.8 Å². The smallest absolute Gasteiger partial charge is 0.186 e. The van der Waals surface area contributed by atoms with Gasteiger partial charge >= 0.3 is 0 Å². The van der Waals surface area contributed by atoms with Crippen LogP contribution in [-0.2, 0) is 0 Å². The number of aryl methyl sites for hydroxylation is 1. The molecule has 3 rings (SSSR count). The maximum atomic E-state index is 14.1. The van der Waals surface area contributed by atoms with E-state index >= 15 is 0 Å². The number of piperidine rings is 1. The van der Waals surface area contributed by atoms with E-state index in [4.69, 9.17) is 0 Å².